The molecule has 0 saturated carbocycles. The number of amides is 1. The molecule has 0 spiro atoms. The van der Waals surface area contributed by atoms with E-state index in [9.17, 15) is 9.59 Å². The maximum absolute atomic E-state index is 12.0. The summed E-state index contributed by atoms with van der Waals surface area (Å²) in [4.78, 5) is 22.4. The summed E-state index contributed by atoms with van der Waals surface area (Å²) in [6.45, 7) is 3.32. The van der Waals surface area contributed by atoms with Gasteiger partial charge in [-0.15, -0.1) is 0 Å². The molecule has 2 aromatic rings. The van der Waals surface area contributed by atoms with Crippen LogP contribution in [-0.2, 0) is 24.4 Å². The molecule has 2 N–H and O–H groups in total. The summed E-state index contributed by atoms with van der Waals surface area (Å²) < 4.78 is 3.24. The lowest BCUT2D eigenvalue weighted by molar-refractivity contribution is -0.137. The Bertz CT molecular complexity index is 631. The standard InChI is InChI=1S/C13H17N5O3/c1-2-18-10(3-6-15-18)9-14-13(21)11-4-7-17(16-11)8-5-12(19)20/h3-4,6-7H,2,5,8-9H2,1H3,(H,14,21)(H,19,20). The van der Waals surface area contributed by atoms with Crippen molar-refractivity contribution in [2.45, 2.75) is 33.0 Å². The number of nitrogens with zero attached hydrogens (tertiary/aromatic N) is 4. The number of hydrogen-bond acceptors (Lipinski definition) is 4. The van der Waals surface area contributed by atoms with Gasteiger partial charge in [-0.25, -0.2) is 0 Å². The number of aromatic nitrogens is 4. The fourth-order valence-corrected chi connectivity index (χ4v) is 1.87. The zero-order chi connectivity index (χ0) is 15.2. The number of aryl methyl sites for hydroxylation is 2. The molecule has 21 heavy (non-hydrogen) atoms. The lowest BCUT2D eigenvalue weighted by atomic mass is 10.3. The molecule has 0 aromatic carbocycles. The van der Waals surface area contributed by atoms with Crippen molar-refractivity contribution in [3.05, 3.63) is 35.9 Å². The van der Waals surface area contributed by atoms with Gasteiger partial charge in [0, 0.05) is 18.9 Å². The van der Waals surface area contributed by atoms with E-state index in [1.54, 1.807) is 23.1 Å². The van der Waals surface area contributed by atoms with E-state index in [1.807, 2.05) is 13.0 Å². The van der Waals surface area contributed by atoms with Crippen LogP contribution >= 0.6 is 0 Å². The van der Waals surface area contributed by atoms with Crippen LogP contribution in [0, 0.1) is 0 Å². The molecule has 0 radical (unpaired) electrons. The third kappa shape index (κ3) is 3.91. The van der Waals surface area contributed by atoms with Crippen molar-refractivity contribution in [1.29, 1.82) is 0 Å². The number of carboxylic acid groups (broad SMARTS) is 1. The number of aliphatic carboxylic acids is 1. The van der Waals surface area contributed by atoms with Gasteiger partial charge in [0.05, 0.1) is 25.2 Å². The molecule has 1 amide bonds. The topological polar surface area (TPSA) is 102 Å². The van der Waals surface area contributed by atoms with Crippen LogP contribution in [0.4, 0.5) is 0 Å². The summed E-state index contributed by atoms with van der Waals surface area (Å²) in [5, 5.41) is 19.5. The van der Waals surface area contributed by atoms with Gasteiger partial charge in [-0.2, -0.15) is 10.2 Å². The number of carboxylic acids is 1. The third-order valence-corrected chi connectivity index (χ3v) is 2.96. The minimum atomic E-state index is -0.899. The first-order valence-corrected chi connectivity index (χ1v) is 6.64. The number of carbonyl (C=O) groups is 2. The van der Waals surface area contributed by atoms with Crippen LogP contribution < -0.4 is 5.32 Å². The normalized spacial score (nSPS) is 10.5. The van der Waals surface area contributed by atoms with E-state index in [1.165, 1.54) is 4.68 Å². The molecule has 0 bridgehead atoms. The van der Waals surface area contributed by atoms with Gasteiger partial charge >= 0.3 is 5.97 Å². The van der Waals surface area contributed by atoms with Crippen LogP contribution in [0.25, 0.3) is 0 Å². The predicted molar refractivity (Wildman–Crippen MR) is 73.6 cm³/mol. The van der Waals surface area contributed by atoms with E-state index in [2.05, 4.69) is 15.5 Å². The highest BCUT2D eigenvalue weighted by molar-refractivity contribution is 5.92. The van der Waals surface area contributed by atoms with E-state index < -0.39 is 5.97 Å². The van der Waals surface area contributed by atoms with Crippen LogP contribution in [0.5, 0.6) is 0 Å². The van der Waals surface area contributed by atoms with E-state index in [0.29, 0.717) is 6.54 Å². The lowest BCUT2D eigenvalue weighted by Gasteiger charge is -2.05. The van der Waals surface area contributed by atoms with Crippen molar-refractivity contribution in [2.24, 2.45) is 0 Å². The van der Waals surface area contributed by atoms with Gasteiger partial charge in [-0.05, 0) is 19.1 Å². The van der Waals surface area contributed by atoms with E-state index in [4.69, 9.17) is 5.11 Å². The zero-order valence-corrected chi connectivity index (χ0v) is 11.7. The van der Waals surface area contributed by atoms with Crippen molar-refractivity contribution in [1.82, 2.24) is 24.9 Å². The summed E-state index contributed by atoms with van der Waals surface area (Å²) in [6.07, 6.45) is 3.25. The molecule has 0 atom stereocenters. The lowest BCUT2D eigenvalue weighted by Crippen LogP contribution is -2.25. The SMILES string of the molecule is CCn1nccc1CNC(=O)c1ccn(CCC(=O)O)n1. The molecule has 0 fully saturated rings. The smallest absolute Gasteiger partial charge is 0.305 e. The third-order valence-electron chi connectivity index (χ3n) is 2.96. The van der Waals surface area contributed by atoms with Crippen molar-refractivity contribution in [3.63, 3.8) is 0 Å². The Morgan fingerprint density at radius 3 is 2.90 bits per heavy atom. The number of carbonyl (C=O) groups excluding carboxylic acids is 1. The fourth-order valence-electron chi connectivity index (χ4n) is 1.87. The van der Waals surface area contributed by atoms with Crippen molar-refractivity contribution in [2.75, 3.05) is 0 Å². The van der Waals surface area contributed by atoms with Crippen LogP contribution in [0.1, 0.15) is 29.5 Å². The molecular formula is C13H17N5O3. The van der Waals surface area contributed by atoms with Crippen molar-refractivity contribution >= 4 is 11.9 Å². The molecule has 2 aromatic heterocycles. The van der Waals surface area contributed by atoms with Gasteiger partial charge in [0.2, 0.25) is 0 Å². The Hall–Kier alpha value is -2.64. The van der Waals surface area contributed by atoms with Crippen molar-refractivity contribution in [3.8, 4) is 0 Å². The monoisotopic (exact) mass is 291 g/mol. The van der Waals surface area contributed by atoms with Gasteiger partial charge < -0.3 is 10.4 Å². The largest absolute Gasteiger partial charge is 0.481 e. The molecular weight excluding hydrogens is 274 g/mol. The first-order valence-electron chi connectivity index (χ1n) is 6.64. The second-order valence-electron chi connectivity index (χ2n) is 4.43. The van der Waals surface area contributed by atoms with Gasteiger partial charge in [-0.1, -0.05) is 0 Å². The molecule has 0 saturated heterocycles. The summed E-state index contributed by atoms with van der Waals surface area (Å²) in [6, 6.07) is 3.41. The molecule has 0 aliphatic heterocycles. The summed E-state index contributed by atoms with van der Waals surface area (Å²) >= 11 is 0. The number of hydrogen-bond donors (Lipinski definition) is 2. The summed E-state index contributed by atoms with van der Waals surface area (Å²) in [5.41, 5.74) is 1.18. The quantitative estimate of drug-likeness (QED) is 0.773. The van der Waals surface area contributed by atoms with Crippen LogP contribution in [-0.4, -0.2) is 36.5 Å². The molecule has 0 aliphatic rings. The molecule has 2 heterocycles. The van der Waals surface area contributed by atoms with Gasteiger partial charge in [-0.3, -0.25) is 19.0 Å². The Balaban J connectivity index is 1.90. The predicted octanol–water partition coefficient (Wildman–Crippen LogP) is 0.504. The van der Waals surface area contributed by atoms with E-state index in [0.717, 1.165) is 12.2 Å². The maximum Gasteiger partial charge on any atom is 0.305 e. The fraction of sp³-hybridized carbons (Fsp3) is 0.385. The Morgan fingerprint density at radius 2 is 2.19 bits per heavy atom. The highest BCUT2D eigenvalue weighted by Gasteiger charge is 2.10. The molecule has 8 nitrogen and oxygen atoms in total. The minimum absolute atomic E-state index is 0.0293. The highest BCUT2D eigenvalue weighted by Crippen LogP contribution is 2.01. The Kier molecular flexibility index (Phi) is 4.70. The van der Waals surface area contributed by atoms with Gasteiger partial charge in [0.25, 0.3) is 5.91 Å². The van der Waals surface area contributed by atoms with Crippen LogP contribution in [0.2, 0.25) is 0 Å². The average molecular weight is 291 g/mol. The average Bonchev–Trinajstić information content (AvgIpc) is 3.11. The number of rotatable bonds is 7. The second kappa shape index (κ2) is 6.69. The van der Waals surface area contributed by atoms with E-state index >= 15 is 0 Å². The minimum Gasteiger partial charge on any atom is -0.481 e. The number of nitrogens with one attached hydrogen (secondary N) is 1. The van der Waals surface area contributed by atoms with Gasteiger partial charge in [0.15, 0.2) is 0 Å². The maximum atomic E-state index is 12.0. The van der Waals surface area contributed by atoms with E-state index in [-0.39, 0.29) is 24.6 Å². The molecule has 0 unspecified atom stereocenters. The zero-order valence-electron chi connectivity index (χ0n) is 11.7. The Morgan fingerprint density at radius 1 is 1.38 bits per heavy atom. The van der Waals surface area contributed by atoms with Crippen LogP contribution in [0.3, 0.4) is 0 Å². The van der Waals surface area contributed by atoms with Crippen LogP contribution in [0.15, 0.2) is 24.5 Å². The molecule has 0 aliphatic carbocycles. The first-order chi connectivity index (χ1) is 10.1. The molecule has 112 valence electrons. The van der Waals surface area contributed by atoms with Gasteiger partial charge in [0.1, 0.15) is 5.69 Å². The Labute approximate surface area is 121 Å². The summed E-state index contributed by atoms with van der Waals surface area (Å²) in [5.74, 6) is -1.20. The molecule has 2 rings (SSSR count). The van der Waals surface area contributed by atoms with Crippen molar-refractivity contribution < 1.29 is 14.7 Å². The highest BCUT2D eigenvalue weighted by atomic mass is 16.4. The summed E-state index contributed by atoms with van der Waals surface area (Å²) in [7, 11) is 0. The first kappa shape index (κ1) is 14.8. The second-order valence-corrected chi connectivity index (χ2v) is 4.43. The molecule has 8 heteroatoms.